The Labute approximate surface area is 147 Å². The molecule has 0 aromatic rings. The lowest BCUT2D eigenvalue weighted by Crippen LogP contribution is -2.36. The molecule has 5 atom stereocenters. The van der Waals surface area contributed by atoms with Gasteiger partial charge in [-0.2, -0.15) is 0 Å². The van der Waals surface area contributed by atoms with Crippen molar-refractivity contribution in [2.75, 3.05) is 6.61 Å². The van der Waals surface area contributed by atoms with Crippen LogP contribution in [0.4, 0.5) is 0 Å². The fourth-order valence-electron chi connectivity index (χ4n) is 3.62. The van der Waals surface area contributed by atoms with Crippen LogP contribution in [0.25, 0.3) is 0 Å². The van der Waals surface area contributed by atoms with Crippen LogP contribution in [-0.2, 0) is 23.8 Å². The van der Waals surface area contributed by atoms with E-state index < -0.39 is 35.7 Å². The number of rotatable bonds is 3. The van der Waals surface area contributed by atoms with E-state index in [9.17, 15) is 14.7 Å². The van der Waals surface area contributed by atoms with Crippen LogP contribution >= 0.6 is 0 Å². The van der Waals surface area contributed by atoms with Crippen LogP contribution in [0.15, 0.2) is 36.0 Å². The molecule has 0 aromatic heterocycles. The van der Waals surface area contributed by atoms with Gasteiger partial charge in [-0.05, 0) is 32.3 Å². The Bertz CT molecular complexity index is 663. The molecule has 136 valence electrons. The molecule has 1 N–H and O–H groups in total. The topological polar surface area (TPSA) is 85.4 Å². The lowest BCUT2D eigenvalue weighted by Gasteiger charge is -2.24. The van der Waals surface area contributed by atoms with E-state index in [1.165, 1.54) is 0 Å². The molecule has 0 spiro atoms. The smallest absolute Gasteiger partial charge is 0.334 e. The first-order chi connectivity index (χ1) is 11.7. The van der Waals surface area contributed by atoms with Crippen LogP contribution in [0.1, 0.15) is 33.1 Å². The zero-order valence-electron chi connectivity index (χ0n) is 14.6. The molecule has 1 aliphatic carbocycles. The number of hydrogen-bond donors (Lipinski definition) is 1. The molecule has 0 amide bonds. The number of fused-ring (bicyclic) bond motifs is 2. The Morgan fingerprint density at radius 3 is 2.92 bits per heavy atom. The first kappa shape index (κ1) is 17.9. The SMILES string of the molecule is C=C(C)C(=O)OCC1=CCCC2(C)OC2C(O)C2C(=C)C(=O)OC2C1. The van der Waals surface area contributed by atoms with Crippen molar-refractivity contribution in [1.29, 1.82) is 0 Å². The van der Waals surface area contributed by atoms with Crippen molar-refractivity contribution in [2.24, 2.45) is 5.92 Å². The molecule has 6 nitrogen and oxygen atoms in total. The molecule has 2 aliphatic heterocycles. The van der Waals surface area contributed by atoms with Gasteiger partial charge < -0.3 is 19.3 Å². The van der Waals surface area contributed by atoms with Crippen molar-refractivity contribution in [2.45, 2.75) is 57.0 Å². The Balaban J connectivity index is 1.80. The second-order valence-electron chi connectivity index (χ2n) is 7.30. The number of carbonyl (C=O) groups excluding carboxylic acids is 2. The number of aliphatic hydroxyl groups is 1. The van der Waals surface area contributed by atoms with Crippen molar-refractivity contribution in [3.05, 3.63) is 36.0 Å². The van der Waals surface area contributed by atoms with Crippen molar-refractivity contribution in [3.63, 3.8) is 0 Å². The van der Waals surface area contributed by atoms with E-state index in [1.807, 2.05) is 13.0 Å². The quantitative estimate of drug-likeness (QED) is 0.362. The van der Waals surface area contributed by atoms with E-state index in [4.69, 9.17) is 14.2 Å². The zero-order valence-corrected chi connectivity index (χ0v) is 14.6. The number of ether oxygens (including phenoxy) is 3. The molecule has 2 saturated heterocycles. The Morgan fingerprint density at radius 2 is 2.24 bits per heavy atom. The van der Waals surface area contributed by atoms with Crippen molar-refractivity contribution in [1.82, 2.24) is 0 Å². The summed E-state index contributed by atoms with van der Waals surface area (Å²) in [5.41, 5.74) is 1.04. The first-order valence-electron chi connectivity index (χ1n) is 8.49. The second-order valence-corrected chi connectivity index (χ2v) is 7.30. The normalized spacial score (nSPS) is 37.3. The van der Waals surface area contributed by atoms with Crippen LogP contribution in [0.3, 0.4) is 0 Å². The number of epoxide rings is 1. The van der Waals surface area contributed by atoms with Crippen LogP contribution in [-0.4, -0.2) is 47.6 Å². The summed E-state index contributed by atoms with van der Waals surface area (Å²) in [4.78, 5) is 23.6. The minimum Gasteiger partial charge on any atom is -0.458 e. The van der Waals surface area contributed by atoms with Crippen LogP contribution < -0.4 is 0 Å². The Morgan fingerprint density at radius 1 is 1.52 bits per heavy atom. The van der Waals surface area contributed by atoms with Crippen LogP contribution in [0.2, 0.25) is 0 Å². The van der Waals surface area contributed by atoms with E-state index in [1.54, 1.807) is 6.92 Å². The average Bonchev–Trinajstić information content (AvgIpc) is 3.14. The second kappa shape index (κ2) is 6.42. The van der Waals surface area contributed by atoms with E-state index in [-0.39, 0.29) is 18.3 Å². The van der Waals surface area contributed by atoms with Gasteiger partial charge in [-0.15, -0.1) is 0 Å². The standard InChI is InChI=1S/C19H24O6/c1-10(2)17(21)23-9-12-6-5-7-19(4)16(25-19)15(20)14-11(3)18(22)24-13(14)8-12/h6,13-16,20H,1,3,5,7-9H2,2,4H3. The third-order valence-corrected chi connectivity index (χ3v) is 5.22. The van der Waals surface area contributed by atoms with Crippen molar-refractivity contribution in [3.8, 4) is 0 Å². The number of allylic oxidation sites excluding steroid dienone is 1. The van der Waals surface area contributed by atoms with Gasteiger partial charge in [-0.3, -0.25) is 0 Å². The molecular weight excluding hydrogens is 324 g/mol. The minimum absolute atomic E-state index is 0.107. The van der Waals surface area contributed by atoms with Crippen molar-refractivity contribution < 1.29 is 28.9 Å². The van der Waals surface area contributed by atoms with Gasteiger partial charge in [0, 0.05) is 17.6 Å². The van der Waals surface area contributed by atoms with Gasteiger partial charge in [0.25, 0.3) is 0 Å². The molecule has 6 heteroatoms. The summed E-state index contributed by atoms with van der Waals surface area (Å²) >= 11 is 0. The predicted octanol–water partition coefficient (Wildman–Crippen LogP) is 1.83. The van der Waals surface area contributed by atoms with E-state index in [2.05, 4.69) is 13.2 Å². The molecule has 2 heterocycles. The Kier molecular flexibility index (Phi) is 4.60. The number of carbonyl (C=O) groups is 2. The number of esters is 2. The summed E-state index contributed by atoms with van der Waals surface area (Å²) in [6, 6.07) is 0. The van der Waals surface area contributed by atoms with E-state index in [0.717, 1.165) is 18.4 Å². The predicted molar refractivity (Wildman–Crippen MR) is 89.5 cm³/mol. The zero-order chi connectivity index (χ0) is 18.4. The third kappa shape index (κ3) is 3.41. The van der Waals surface area contributed by atoms with Gasteiger partial charge in [0.1, 0.15) is 18.8 Å². The summed E-state index contributed by atoms with van der Waals surface area (Å²) in [5, 5.41) is 10.7. The van der Waals surface area contributed by atoms with Gasteiger partial charge in [0.2, 0.25) is 0 Å². The maximum Gasteiger partial charge on any atom is 0.334 e. The highest BCUT2D eigenvalue weighted by Gasteiger charge is 2.60. The molecule has 0 aromatic carbocycles. The van der Waals surface area contributed by atoms with E-state index >= 15 is 0 Å². The van der Waals surface area contributed by atoms with Crippen LogP contribution in [0.5, 0.6) is 0 Å². The van der Waals surface area contributed by atoms with Gasteiger partial charge >= 0.3 is 11.9 Å². The maximum atomic E-state index is 12.0. The summed E-state index contributed by atoms with van der Waals surface area (Å²) < 4.78 is 16.4. The average molecular weight is 348 g/mol. The molecule has 3 rings (SSSR count). The molecule has 3 aliphatic rings. The fourth-order valence-corrected chi connectivity index (χ4v) is 3.62. The fraction of sp³-hybridized carbons (Fsp3) is 0.579. The summed E-state index contributed by atoms with van der Waals surface area (Å²) in [6.45, 7) is 11.0. The molecule has 25 heavy (non-hydrogen) atoms. The largest absolute Gasteiger partial charge is 0.458 e. The van der Waals surface area contributed by atoms with Crippen LogP contribution in [0, 0.1) is 5.92 Å². The molecule has 0 radical (unpaired) electrons. The highest BCUT2D eigenvalue weighted by Crippen LogP contribution is 2.48. The molecule has 5 unspecified atom stereocenters. The van der Waals surface area contributed by atoms with E-state index in [0.29, 0.717) is 12.0 Å². The first-order valence-corrected chi connectivity index (χ1v) is 8.49. The van der Waals surface area contributed by atoms with Gasteiger partial charge in [-0.25, -0.2) is 9.59 Å². The highest BCUT2D eigenvalue weighted by molar-refractivity contribution is 5.91. The molecule has 2 fully saturated rings. The summed E-state index contributed by atoms with van der Waals surface area (Å²) in [7, 11) is 0. The summed E-state index contributed by atoms with van der Waals surface area (Å²) in [5.74, 6) is -1.47. The van der Waals surface area contributed by atoms with Gasteiger partial charge in [0.15, 0.2) is 0 Å². The molecule has 0 bridgehead atoms. The van der Waals surface area contributed by atoms with Crippen molar-refractivity contribution >= 4 is 11.9 Å². The Hall–Kier alpha value is -1.92. The minimum atomic E-state index is -0.841. The van der Waals surface area contributed by atoms with Gasteiger partial charge in [-0.1, -0.05) is 19.2 Å². The lowest BCUT2D eigenvalue weighted by atomic mass is 9.82. The highest BCUT2D eigenvalue weighted by atomic mass is 16.6. The maximum absolute atomic E-state index is 12.0. The van der Waals surface area contributed by atoms with Gasteiger partial charge in [0.05, 0.1) is 17.6 Å². The summed E-state index contributed by atoms with van der Waals surface area (Å²) in [6.07, 6.45) is 2.17. The lowest BCUT2D eigenvalue weighted by molar-refractivity contribution is -0.141. The molecule has 0 saturated carbocycles. The molecular formula is C19H24O6. The monoisotopic (exact) mass is 348 g/mol. The number of aliphatic hydroxyl groups excluding tert-OH is 1. The third-order valence-electron chi connectivity index (χ3n) is 5.22. The number of hydrogen-bond acceptors (Lipinski definition) is 6.